The van der Waals surface area contributed by atoms with Gasteiger partial charge in [0.05, 0.1) is 12.9 Å². The number of methoxy groups -OCH3 is 1. The Morgan fingerprint density at radius 3 is 2.62 bits per heavy atom. The topological polar surface area (TPSA) is 84.4 Å². The van der Waals surface area contributed by atoms with Gasteiger partial charge in [-0.1, -0.05) is 23.1 Å². The number of nitrogens with one attached hydrogen (secondary N) is 1. The summed E-state index contributed by atoms with van der Waals surface area (Å²) in [7, 11) is 1.34. The molecule has 138 valence electrons. The van der Waals surface area contributed by atoms with E-state index >= 15 is 0 Å². The van der Waals surface area contributed by atoms with E-state index in [0.717, 1.165) is 18.8 Å². The molecule has 1 amide bonds. The lowest BCUT2D eigenvalue weighted by Gasteiger charge is -2.28. The zero-order valence-corrected chi connectivity index (χ0v) is 16.1. The van der Waals surface area contributed by atoms with Crippen LogP contribution < -0.4 is 10.2 Å². The van der Waals surface area contributed by atoms with Crippen LogP contribution in [0.5, 0.6) is 0 Å². The maximum Gasteiger partial charge on any atom is 0.316 e. The summed E-state index contributed by atoms with van der Waals surface area (Å²) in [5.41, 5.74) is 1.73. The van der Waals surface area contributed by atoms with Crippen LogP contribution in [0.1, 0.15) is 29.6 Å². The molecule has 1 aromatic carbocycles. The van der Waals surface area contributed by atoms with Gasteiger partial charge >= 0.3 is 5.97 Å². The van der Waals surface area contributed by atoms with Gasteiger partial charge in [0.15, 0.2) is 4.34 Å². The van der Waals surface area contributed by atoms with Crippen LogP contribution in [-0.4, -0.2) is 48.0 Å². The Bertz CT molecular complexity index is 758. The lowest BCUT2D eigenvalue weighted by atomic mass is 10.1. The highest BCUT2D eigenvalue weighted by molar-refractivity contribution is 8.01. The Labute approximate surface area is 160 Å². The fourth-order valence-corrected chi connectivity index (χ4v) is 4.22. The van der Waals surface area contributed by atoms with Crippen molar-refractivity contribution in [1.29, 1.82) is 0 Å². The van der Waals surface area contributed by atoms with Crippen LogP contribution in [0.15, 0.2) is 28.6 Å². The SMILES string of the molecule is COC(=O)CSc1nnc(NC(=O)c2ccc(N3CCCCC3)cc2)s1. The van der Waals surface area contributed by atoms with E-state index in [-0.39, 0.29) is 17.6 Å². The first-order valence-electron chi connectivity index (χ1n) is 8.35. The van der Waals surface area contributed by atoms with Crippen LogP contribution in [0.3, 0.4) is 0 Å². The molecule has 0 spiro atoms. The van der Waals surface area contributed by atoms with Gasteiger partial charge in [-0.2, -0.15) is 0 Å². The van der Waals surface area contributed by atoms with Gasteiger partial charge in [-0.05, 0) is 43.5 Å². The van der Waals surface area contributed by atoms with Gasteiger partial charge in [0.2, 0.25) is 5.13 Å². The van der Waals surface area contributed by atoms with Gasteiger partial charge in [-0.15, -0.1) is 10.2 Å². The molecule has 1 saturated heterocycles. The van der Waals surface area contributed by atoms with Crippen LogP contribution in [0.25, 0.3) is 0 Å². The molecule has 2 aromatic rings. The number of esters is 1. The summed E-state index contributed by atoms with van der Waals surface area (Å²) < 4.78 is 5.18. The number of hydrogen-bond donors (Lipinski definition) is 1. The van der Waals surface area contributed by atoms with Crippen LogP contribution in [0.2, 0.25) is 0 Å². The minimum Gasteiger partial charge on any atom is -0.468 e. The molecule has 0 saturated carbocycles. The molecule has 3 rings (SSSR count). The minimum atomic E-state index is -0.329. The summed E-state index contributed by atoms with van der Waals surface area (Å²) in [6, 6.07) is 7.62. The number of benzene rings is 1. The number of anilines is 2. The maximum atomic E-state index is 12.4. The molecular formula is C17H20N4O3S2. The predicted molar refractivity (Wildman–Crippen MR) is 103 cm³/mol. The summed E-state index contributed by atoms with van der Waals surface area (Å²) in [6.07, 6.45) is 3.73. The smallest absolute Gasteiger partial charge is 0.316 e. The Morgan fingerprint density at radius 2 is 1.92 bits per heavy atom. The molecule has 0 radical (unpaired) electrons. The molecule has 0 aliphatic carbocycles. The molecular weight excluding hydrogens is 372 g/mol. The second-order valence-electron chi connectivity index (χ2n) is 5.79. The normalized spacial score (nSPS) is 14.1. The number of carbonyl (C=O) groups excluding carboxylic acids is 2. The quantitative estimate of drug-likeness (QED) is 0.459. The molecule has 1 aromatic heterocycles. The highest BCUT2D eigenvalue weighted by Crippen LogP contribution is 2.26. The second kappa shape index (κ2) is 9.00. The number of piperidine rings is 1. The number of ether oxygens (including phenoxy) is 1. The zero-order valence-electron chi connectivity index (χ0n) is 14.4. The van der Waals surface area contributed by atoms with Crippen molar-refractivity contribution >= 4 is 45.8 Å². The number of hydrogen-bond acceptors (Lipinski definition) is 8. The Kier molecular flexibility index (Phi) is 6.45. The summed E-state index contributed by atoms with van der Waals surface area (Å²) in [4.78, 5) is 25.8. The molecule has 1 N–H and O–H groups in total. The van der Waals surface area contributed by atoms with Crippen LogP contribution in [0, 0.1) is 0 Å². The molecule has 1 fully saturated rings. The van der Waals surface area contributed by atoms with Crippen molar-refractivity contribution in [2.45, 2.75) is 23.6 Å². The zero-order chi connectivity index (χ0) is 18.4. The second-order valence-corrected chi connectivity index (χ2v) is 7.99. The third kappa shape index (κ3) is 4.95. The highest BCUT2D eigenvalue weighted by atomic mass is 32.2. The van der Waals surface area contributed by atoms with Gasteiger partial charge < -0.3 is 9.64 Å². The monoisotopic (exact) mass is 392 g/mol. The summed E-state index contributed by atoms with van der Waals surface area (Å²) in [5.74, 6) is -0.391. The number of nitrogens with zero attached hydrogens (tertiary/aromatic N) is 3. The Hall–Kier alpha value is -2.13. The highest BCUT2D eigenvalue weighted by Gasteiger charge is 2.14. The summed E-state index contributed by atoms with van der Waals surface area (Å²) in [5, 5.41) is 11.0. The van der Waals surface area contributed by atoms with E-state index < -0.39 is 0 Å². The average molecular weight is 393 g/mol. The summed E-state index contributed by atoms with van der Waals surface area (Å²) >= 11 is 2.46. The molecule has 0 bridgehead atoms. The van der Waals surface area contributed by atoms with Gasteiger partial charge in [0.25, 0.3) is 5.91 Å². The first-order valence-corrected chi connectivity index (χ1v) is 10.2. The van der Waals surface area contributed by atoms with Crippen molar-refractivity contribution < 1.29 is 14.3 Å². The first-order chi connectivity index (χ1) is 12.7. The lowest BCUT2D eigenvalue weighted by molar-refractivity contribution is -0.137. The first kappa shape index (κ1) is 18.7. The molecule has 9 heteroatoms. The van der Waals surface area contributed by atoms with Crippen molar-refractivity contribution in [2.24, 2.45) is 0 Å². The van der Waals surface area contributed by atoms with Gasteiger partial charge in [-0.25, -0.2) is 0 Å². The van der Waals surface area contributed by atoms with Crippen LogP contribution in [-0.2, 0) is 9.53 Å². The van der Waals surface area contributed by atoms with Crippen molar-refractivity contribution in [2.75, 3.05) is 36.2 Å². The van der Waals surface area contributed by atoms with E-state index in [1.54, 1.807) is 0 Å². The third-order valence-corrected chi connectivity index (χ3v) is 5.96. The average Bonchev–Trinajstić information content (AvgIpc) is 3.14. The number of aromatic nitrogens is 2. The maximum absolute atomic E-state index is 12.4. The predicted octanol–water partition coefficient (Wildman–Crippen LogP) is 3.05. The summed E-state index contributed by atoms with van der Waals surface area (Å²) in [6.45, 7) is 2.14. The van der Waals surface area contributed by atoms with E-state index in [1.165, 1.54) is 49.5 Å². The van der Waals surface area contributed by atoms with E-state index in [2.05, 4.69) is 25.2 Å². The Balaban J connectivity index is 1.56. The molecule has 1 aliphatic rings. The number of carbonyl (C=O) groups is 2. The lowest BCUT2D eigenvalue weighted by Crippen LogP contribution is -2.29. The third-order valence-electron chi connectivity index (χ3n) is 4.02. The van der Waals surface area contributed by atoms with Crippen molar-refractivity contribution in [1.82, 2.24) is 10.2 Å². The van der Waals surface area contributed by atoms with Gasteiger partial charge in [0.1, 0.15) is 0 Å². The van der Waals surface area contributed by atoms with Crippen molar-refractivity contribution in [3.63, 3.8) is 0 Å². The van der Waals surface area contributed by atoms with E-state index in [1.807, 2.05) is 24.3 Å². The molecule has 1 aliphatic heterocycles. The number of thioether (sulfide) groups is 1. The van der Waals surface area contributed by atoms with Gasteiger partial charge in [0, 0.05) is 24.3 Å². The molecule has 0 unspecified atom stereocenters. The van der Waals surface area contributed by atoms with Crippen molar-refractivity contribution in [3.8, 4) is 0 Å². The minimum absolute atomic E-state index is 0.164. The van der Waals surface area contributed by atoms with Gasteiger partial charge in [-0.3, -0.25) is 14.9 Å². The van der Waals surface area contributed by atoms with E-state index in [0.29, 0.717) is 15.0 Å². The van der Waals surface area contributed by atoms with Crippen molar-refractivity contribution in [3.05, 3.63) is 29.8 Å². The fourth-order valence-electron chi connectivity index (χ4n) is 2.64. The number of amides is 1. The van der Waals surface area contributed by atoms with E-state index in [9.17, 15) is 9.59 Å². The standard InChI is InChI=1S/C17H20N4O3S2/c1-24-14(22)11-25-17-20-19-16(26-17)18-15(23)12-5-7-13(8-6-12)21-9-3-2-4-10-21/h5-8H,2-4,9-11H2,1H3,(H,18,19,23). The fraction of sp³-hybridized carbons (Fsp3) is 0.412. The molecule has 26 heavy (non-hydrogen) atoms. The van der Waals surface area contributed by atoms with Crippen LogP contribution >= 0.6 is 23.1 Å². The molecule has 2 heterocycles. The Morgan fingerprint density at radius 1 is 1.19 bits per heavy atom. The molecule has 7 nitrogen and oxygen atoms in total. The van der Waals surface area contributed by atoms with E-state index in [4.69, 9.17) is 0 Å². The molecule has 0 atom stereocenters. The largest absolute Gasteiger partial charge is 0.468 e. The number of rotatable bonds is 6. The van der Waals surface area contributed by atoms with Crippen LogP contribution in [0.4, 0.5) is 10.8 Å².